The minimum Gasteiger partial charge on any atom is -0.489 e. The highest BCUT2D eigenvalue weighted by molar-refractivity contribution is 9.10. The summed E-state index contributed by atoms with van der Waals surface area (Å²) in [4.78, 5) is 13.8. The summed E-state index contributed by atoms with van der Waals surface area (Å²) in [5.74, 6) is -0.286. The SMILES string of the molecule is CN(CCOc1ccccc1F)CC(=O)Nc1ccccc1Br. The zero-order chi connectivity index (χ0) is 16.7. The quantitative estimate of drug-likeness (QED) is 0.798. The van der Waals surface area contributed by atoms with Gasteiger partial charge in [-0.1, -0.05) is 24.3 Å². The van der Waals surface area contributed by atoms with Gasteiger partial charge in [0.15, 0.2) is 11.6 Å². The second kappa shape index (κ2) is 8.64. The number of nitrogens with zero attached hydrogens (tertiary/aromatic N) is 1. The van der Waals surface area contributed by atoms with E-state index in [2.05, 4.69) is 21.2 Å². The number of likely N-dealkylation sites (N-methyl/N-ethyl adjacent to an activating group) is 1. The van der Waals surface area contributed by atoms with Crippen LogP contribution in [0.4, 0.5) is 10.1 Å². The van der Waals surface area contributed by atoms with Crippen molar-refractivity contribution in [3.8, 4) is 5.75 Å². The molecule has 122 valence electrons. The van der Waals surface area contributed by atoms with Gasteiger partial charge in [0.2, 0.25) is 5.91 Å². The number of carbonyl (C=O) groups is 1. The van der Waals surface area contributed by atoms with Crippen molar-refractivity contribution in [2.45, 2.75) is 0 Å². The van der Waals surface area contributed by atoms with Crippen molar-refractivity contribution in [1.29, 1.82) is 0 Å². The molecule has 0 aliphatic rings. The molecule has 23 heavy (non-hydrogen) atoms. The molecule has 4 nitrogen and oxygen atoms in total. The second-order valence-electron chi connectivity index (χ2n) is 5.04. The Morgan fingerprint density at radius 3 is 2.65 bits per heavy atom. The first kappa shape index (κ1) is 17.4. The first-order chi connectivity index (χ1) is 11.1. The van der Waals surface area contributed by atoms with Gasteiger partial charge < -0.3 is 10.1 Å². The molecule has 0 radical (unpaired) electrons. The predicted octanol–water partition coefficient (Wildman–Crippen LogP) is 3.54. The standard InChI is InChI=1S/C17H18BrFN2O2/c1-21(10-11-23-16-9-5-3-7-14(16)19)12-17(22)20-15-8-4-2-6-13(15)18/h2-9H,10-12H2,1H3,(H,20,22). The Morgan fingerprint density at radius 1 is 1.22 bits per heavy atom. The fraction of sp³-hybridized carbons (Fsp3) is 0.235. The first-order valence-electron chi connectivity index (χ1n) is 7.16. The molecule has 0 heterocycles. The Labute approximate surface area is 143 Å². The molecule has 0 aliphatic heterocycles. The fourth-order valence-electron chi connectivity index (χ4n) is 1.95. The molecule has 0 aromatic heterocycles. The van der Waals surface area contributed by atoms with Crippen LogP contribution in [0.1, 0.15) is 0 Å². The van der Waals surface area contributed by atoms with Crippen molar-refractivity contribution in [2.24, 2.45) is 0 Å². The highest BCUT2D eigenvalue weighted by Crippen LogP contribution is 2.21. The average Bonchev–Trinajstić information content (AvgIpc) is 2.51. The van der Waals surface area contributed by atoms with Crippen molar-refractivity contribution < 1.29 is 13.9 Å². The molecular weight excluding hydrogens is 363 g/mol. The lowest BCUT2D eigenvalue weighted by Crippen LogP contribution is -2.33. The van der Waals surface area contributed by atoms with Gasteiger partial charge >= 0.3 is 0 Å². The Kier molecular flexibility index (Phi) is 6.55. The summed E-state index contributed by atoms with van der Waals surface area (Å²) in [7, 11) is 1.81. The van der Waals surface area contributed by atoms with E-state index in [1.165, 1.54) is 6.07 Å². The van der Waals surface area contributed by atoms with Gasteiger partial charge in [-0.05, 0) is 47.2 Å². The molecule has 0 unspecified atom stereocenters. The van der Waals surface area contributed by atoms with Gasteiger partial charge in [0.05, 0.1) is 12.2 Å². The minimum atomic E-state index is -0.387. The lowest BCUT2D eigenvalue weighted by atomic mass is 10.3. The van der Waals surface area contributed by atoms with Crippen molar-refractivity contribution in [3.63, 3.8) is 0 Å². The number of amides is 1. The van der Waals surface area contributed by atoms with Crippen LogP contribution in [0.2, 0.25) is 0 Å². The number of ether oxygens (including phenoxy) is 1. The third-order valence-corrected chi connectivity index (χ3v) is 3.82. The van der Waals surface area contributed by atoms with Gasteiger partial charge in [-0.15, -0.1) is 0 Å². The summed E-state index contributed by atoms with van der Waals surface area (Å²) in [6.45, 7) is 1.04. The van der Waals surface area contributed by atoms with E-state index in [-0.39, 0.29) is 24.0 Å². The molecule has 1 amide bonds. The summed E-state index contributed by atoms with van der Waals surface area (Å²) in [5, 5.41) is 2.83. The maximum Gasteiger partial charge on any atom is 0.238 e. The van der Waals surface area contributed by atoms with Gasteiger partial charge in [-0.25, -0.2) is 4.39 Å². The molecule has 6 heteroatoms. The number of carbonyl (C=O) groups excluding carboxylic acids is 1. The second-order valence-corrected chi connectivity index (χ2v) is 5.90. The Balaban J connectivity index is 1.74. The number of rotatable bonds is 7. The molecule has 1 N–H and O–H groups in total. The lowest BCUT2D eigenvalue weighted by molar-refractivity contribution is -0.117. The summed E-state index contributed by atoms with van der Waals surface area (Å²) >= 11 is 3.38. The largest absolute Gasteiger partial charge is 0.489 e. The molecule has 2 aromatic carbocycles. The minimum absolute atomic E-state index is 0.120. The van der Waals surface area contributed by atoms with E-state index >= 15 is 0 Å². The number of anilines is 1. The lowest BCUT2D eigenvalue weighted by Gasteiger charge is -2.17. The third kappa shape index (κ3) is 5.65. The Morgan fingerprint density at radius 2 is 1.91 bits per heavy atom. The first-order valence-corrected chi connectivity index (χ1v) is 7.96. The zero-order valence-corrected chi connectivity index (χ0v) is 14.3. The molecule has 0 spiro atoms. The van der Waals surface area contributed by atoms with Crippen LogP contribution in [0.15, 0.2) is 53.0 Å². The zero-order valence-electron chi connectivity index (χ0n) is 12.8. The summed E-state index contributed by atoms with van der Waals surface area (Å²) < 4.78 is 19.6. The molecule has 0 saturated heterocycles. The van der Waals surface area contributed by atoms with Gasteiger partial charge in [0.1, 0.15) is 6.61 Å². The topological polar surface area (TPSA) is 41.6 Å². The summed E-state index contributed by atoms with van der Waals surface area (Å²) in [6.07, 6.45) is 0. The molecule has 2 aromatic rings. The number of para-hydroxylation sites is 2. The summed E-state index contributed by atoms with van der Waals surface area (Å²) in [6, 6.07) is 13.7. The highest BCUT2D eigenvalue weighted by Gasteiger charge is 2.09. The van der Waals surface area contributed by atoms with E-state index in [0.717, 1.165) is 10.2 Å². The van der Waals surface area contributed by atoms with E-state index in [1.807, 2.05) is 36.2 Å². The maximum absolute atomic E-state index is 13.4. The molecular formula is C17H18BrFN2O2. The van der Waals surface area contributed by atoms with Crippen LogP contribution in [0.5, 0.6) is 5.75 Å². The van der Waals surface area contributed by atoms with E-state index in [1.54, 1.807) is 18.2 Å². The van der Waals surface area contributed by atoms with E-state index < -0.39 is 0 Å². The van der Waals surface area contributed by atoms with Gasteiger partial charge in [0.25, 0.3) is 0 Å². The fourth-order valence-corrected chi connectivity index (χ4v) is 2.33. The van der Waals surface area contributed by atoms with Crippen LogP contribution >= 0.6 is 15.9 Å². The van der Waals surface area contributed by atoms with Gasteiger partial charge in [-0.2, -0.15) is 0 Å². The van der Waals surface area contributed by atoms with Crippen molar-refractivity contribution >= 4 is 27.5 Å². The number of hydrogen-bond acceptors (Lipinski definition) is 3. The molecule has 0 bridgehead atoms. The molecule has 0 saturated carbocycles. The maximum atomic E-state index is 13.4. The molecule has 0 aliphatic carbocycles. The monoisotopic (exact) mass is 380 g/mol. The molecule has 2 rings (SSSR count). The van der Waals surface area contributed by atoms with Crippen LogP contribution in [-0.2, 0) is 4.79 Å². The molecule has 0 atom stereocenters. The van der Waals surface area contributed by atoms with Gasteiger partial charge in [0, 0.05) is 11.0 Å². The van der Waals surface area contributed by atoms with Crippen LogP contribution in [-0.4, -0.2) is 37.6 Å². The van der Waals surface area contributed by atoms with Crippen LogP contribution < -0.4 is 10.1 Å². The van der Waals surface area contributed by atoms with Gasteiger partial charge in [-0.3, -0.25) is 9.69 Å². The predicted molar refractivity (Wildman–Crippen MR) is 92.2 cm³/mol. The number of nitrogens with one attached hydrogen (secondary N) is 1. The van der Waals surface area contributed by atoms with E-state index in [4.69, 9.17) is 4.74 Å². The van der Waals surface area contributed by atoms with Crippen LogP contribution in [0.25, 0.3) is 0 Å². The average molecular weight is 381 g/mol. The van der Waals surface area contributed by atoms with Crippen molar-refractivity contribution in [3.05, 3.63) is 58.8 Å². The number of halogens is 2. The number of hydrogen-bond donors (Lipinski definition) is 1. The Hall–Kier alpha value is -1.92. The van der Waals surface area contributed by atoms with Crippen molar-refractivity contribution in [1.82, 2.24) is 4.90 Å². The molecule has 0 fully saturated rings. The Bertz CT molecular complexity index is 667. The summed E-state index contributed by atoms with van der Waals surface area (Å²) in [5.41, 5.74) is 0.730. The number of benzene rings is 2. The normalized spacial score (nSPS) is 10.6. The van der Waals surface area contributed by atoms with Crippen molar-refractivity contribution in [2.75, 3.05) is 32.1 Å². The highest BCUT2D eigenvalue weighted by atomic mass is 79.9. The van der Waals surface area contributed by atoms with Crippen LogP contribution in [0.3, 0.4) is 0 Å². The van der Waals surface area contributed by atoms with E-state index in [0.29, 0.717) is 13.2 Å². The van der Waals surface area contributed by atoms with E-state index in [9.17, 15) is 9.18 Å². The third-order valence-electron chi connectivity index (χ3n) is 3.13. The van der Waals surface area contributed by atoms with Crippen LogP contribution in [0, 0.1) is 5.82 Å². The smallest absolute Gasteiger partial charge is 0.238 e.